The number of aromatic nitrogens is 1. The van der Waals surface area contributed by atoms with E-state index in [4.69, 9.17) is 10.7 Å². The van der Waals surface area contributed by atoms with Gasteiger partial charge in [0.15, 0.2) is 0 Å². The van der Waals surface area contributed by atoms with Crippen molar-refractivity contribution in [1.29, 1.82) is 0 Å². The van der Waals surface area contributed by atoms with Gasteiger partial charge in [-0.05, 0) is 64.7 Å². The number of fused-ring (bicyclic) bond motifs is 6. The highest BCUT2D eigenvalue weighted by molar-refractivity contribution is 6.20. The molecule has 204 valence electrons. The molecule has 1 heterocycles. The number of para-hydroxylation sites is 2. The second-order valence-corrected chi connectivity index (χ2v) is 11.1. The van der Waals surface area contributed by atoms with Crippen LogP contribution in [0.5, 0.6) is 0 Å². The predicted octanol–water partition coefficient (Wildman–Crippen LogP) is 10.5. The summed E-state index contributed by atoms with van der Waals surface area (Å²) < 4.78 is 2.36. The molecule has 0 aliphatic carbocycles. The van der Waals surface area contributed by atoms with Crippen molar-refractivity contribution < 1.29 is 0 Å². The van der Waals surface area contributed by atoms with Crippen molar-refractivity contribution in [2.24, 2.45) is 4.99 Å². The lowest BCUT2D eigenvalue weighted by Gasteiger charge is -2.13. The van der Waals surface area contributed by atoms with Gasteiger partial charge in [0.05, 0.1) is 22.4 Å². The van der Waals surface area contributed by atoms with Gasteiger partial charge in [-0.15, -0.1) is 0 Å². The molecule has 7 aromatic carbocycles. The Morgan fingerprint density at radius 3 is 1.70 bits per heavy atom. The first-order valence-electron chi connectivity index (χ1n) is 14.6. The molecule has 0 fully saturated rings. The maximum Gasteiger partial charge on any atom is 0.0947 e. The van der Waals surface area contributed by atoms with E-state index in [0.717, 1.165) is 55.3 Å². The maximum absolute atomic E-state index is 6.76. The molecule has 0 saturated heterocycles. The number of benzene rings is 7. The summed E-state index contributed by atoms with van der Waals surface area (Å²) in [6.07, 6.45) is 0. The Morgan fingerprint density at radius 1 is 0.512 bits per heavy atom. The number of hydrogen-bond donors (Lipinski definition) is 1. The highest BCUT2D eigenvalue weighted by atomic mass is 15.0. The molecule has 0 unspecified atom stereocenters. The summed E-state index contributed by atoms with van der Waals surface area (Å²) in [6, 6.07) is 51.3. The minimum absolute atomic E-state index is 0.712. The third-order valence-corrected chi connectivity index (χ3v) is 8.52. The number of nitrogens with zero attached hydrogens (tertiary/aromatic N) is 2. The number of nitrogens with two attached hydrogens (primary N) is 1. The molecule has 0 aliphatic rings. The molecule has 0 radical (unpaired) electrons. The van der Waals surface area contributed by atoms with E-state index in [1.54, 1.807) is 0 Å². The summed E-state index contributed by atoms with van der Waals surface area (Å²) in [7, 11) is 0. The van der Waals surface area contributed by atoms with Crippen molar-refractivity contribution in [3.8, 4) is 16.8 Å². The molecule has 3 heteroatoms. The molecule has 0 amide bonds. The van der Waals surface area contributed by atoms with Crippen molar-refractivity contribution in [2.45, 2.75) is 6.92 Å². The highest BCUT2D eigenvalue weighted by Crippen LogP contribution is 2.40. The Labute approximate surface area is 250 Å². The summed E-state index contributed by atoms with van der Waals surface area (Å²) in [4.78, 5) is 5.16. The molecule has 8 rings (SSSR count). The van der Waals surface area contributed by atoms with Gasteiger partial charge in [0, 0.05) is 32.9 Å². The first kappa shape index (κ1) is 25.1. The van der Waals surface area contributed by atoms with E-state index >= 15 is 0 Å². The zero-order valence-electron chi connectivity index (χ0n) is 23.8. The Hall–Kier alpha value is -5.67. The van der Waals surface area contributed by atoms with E-state index in [0.29, 0.717) is 5.69 Å². The minimum Gasteiger partial charge on any atom is -0.396 e. The summed E-state index contributed by atoms with van der Waals surface area (Å²) >= 11 is 0. The third kappa shape index (κ3) is 4.09. The van der Waals surface area contributed by atoms with Crippen LogP contribution in [0.15, 0.2) is 151 Å². The molecule has 3 nitrogen and oxygen atoms in total. The van der Waals surface area contributed by atoms with Crippen LogP contribution < -0.4 is 5.73 Å². The van der Waals surface area contributed by atoms with Crippen LogP contribution in [0.2, 0.25) is 0 Å². The highest BCUT2D eigenvalue weighted by Gasteiger charge is 2.14. The van der Waals surface area contributed by atoms with E-state index in [-0.39, 0.29) is 0 Å². The van der Waals surface area contributed by atoms with Crippen LogP contribution in [-0.2, 0) is 0 Å². The van der Waals surface area contributed by atoms with E-state index < -0.39 is 0 Å². The van der Waals surface area contributed by atoms with Crippen molar-refractivity contribution in [3.63, 3.8) is 0 Å². The van der Waals surface area contributed by atoms with E-state index in [1.165, 1.54) is 21.8 Å². The Bertz CT molecular complexity index is 2320. The first-order chi connectivity index (χ1) is 21.2. The fraction of sp³-hybridized carbons (Fsp3) is 0.0250. The molecule has 0 atom stereocenters. The van der Waals surface area contributed by atoms with Gasteiger partial charge >= 0.3 is 0 Å². The Kier molecular flexibility index (Phi) is 5.83. The molecule has 0 saturated carbocycles. The average molecular weight is 552 g/mol. The number of hydrogen-bond acceptors (Lipinski definition) is 2. The van der Waals surface area contributed by atoms with Gasteiger partial charge in [-0.25, -0.2) is 0 Å². The van der Waals surface area contributed by atoms with Gasteiger partial charge in [0.2, 0.25) is 0 Å². The minimum atomic E-state index is 0.712. The quantitative estimate of drug-likeness (QED) is 0.132. The van der Waals surface area contributed by atoms with Gasteiger partial charge < -0.3 is 10.3 Å². The van der Waals surface area contributed by atoms with Crippen LogP contribution in [-0.4, -0.2) is 10.3 Å². The van der Waals surface area contributed by atoms with Gasteiger partial charge in [-0.1, -0.05) is 115 Å². The summed E-state index contributed by atoms with van der Waals surface area (Å²) in [5.74, 6) is 0. The SMILES string of the molecule is CC(=Nc1c(N)c2ccccc2c2ccccc12)c1cccc(-c2cccc(-n3c4ccccc4c4ccccc43)c2)c1. The second-order valence-electron chi connectivity index (χ2n) is 11.1. The van der Waals surface area contributed by atoms with E-state index in [1.807, 2.05) is 6.07 Å². The predicted molar refractivity (Wildman–Crippen MR) is 184 cm³/mol. The van der Waals surface area contributed by atoms with E-state index in [9.17, 15) is 0 Å². The molecule has 8 aromatic rings. The zero-order chi connectivity index (χ0) is 28.9. The monoisotopic (exact) mass is 551 g/mol. The molecule has 0 bridgehead atoms. The van der Waals surface area contributed by atoms with Gasteiger partial charge in [0.25, 0.3) is 0 Å². The van der Waals surface area contributed by atoms with Crippen molar-refractivity contribution >= 4 is 60.4 Å². The normalized spacial score (nSPS) is 12.1. The standard InChI is InChI=1S/C40H29N3/c1-26(42-40-36-21-5-3-17-32(36)31-16-2-4-20-35(31)39(40)41)27-12-10-13-28(24-27)29-14-11-15-30(25-29)43-37-22-8-6-18-33(37)34-19-7-9-23-38(34)43/h2-25H,41H2,1H3. The van der Waals surface area contributed by atoms with Crippen LogP contribution in [0.4, 0.5) is 11.4 Å². The van der Waals surface area contributed by atoms with Crippen molar-refractivity contribution in [3.05, 3.63) is 151 Å². The van der Waals surface area contributed by atoms with E-state index in [2.05, 4.69) is 151 Å². The Balaban J connectivity index is 1.24. The second kappa shape index (κ2) is 10.0. The molecule has 1 aromatic heterocycles. The fourth-order valence-corrected chi connectivity index (χ4v) is 6.45. The lowest BCUT2D eigenvalue weighted by molar-refractivity contribution is 1.18. The molecule has 43 heavy (non-hydrogen) atoms. The molecule has 0 aliphatic heterocycles. The van der Waals surface area contributed by atoms with Gasteiger partial charge in [-0.3, -0.25) is 4.99 Å². The lowest BCUT2D eigenvalue weighted by Crippen LogP contribution is -1.97. The van der Waals surface area contributed by atoms with Crippen LogP contribution in [0.1, 0.15) is 12.5 Å². The van der Waals surface area contributed by atoms with Gasteiger partial charge in [0.1, 0.15) is 0 Å². The molecule has 0 spiro atoms. The van der Waals surface area contributed by atoms with Crippen molar-refractivity contribution in [1.82, 2.24) is 4.57 Å². The van der Waals surface area contributed by atoms with Crippen LogP contribution in [0, 0.1) is 0 Å². The summed E-state index contributed by atoms with van der Waals surface area (Å²) in [6.45, 7) is 2.07. The molecular weight excluding hydrogens is 522 g/mol. The molecule has 2 N–H and O–H groups in total. The maximum atomic E-state index is 6.76. The smallest absolute Gasteiger partial charge is 0.0947 e. The number of anilines is 1. The fourth-order valence-electron chi connectivity index (χ4n) is 6.45. The van der Waals surface area contributed by atoms with Crippen LogP contribution >= 0.6 is 0 Å². The molecular formula is C40H29N3. The zero-order valence-corrected chi connectivity index (χ0v) is 23.8. The van der Waals surface area contributed by atoms with Crippen LogP contribution in [0.3, 0.4) is 0 Å². The summed E-state index contributed by atoms with van der Waals surface area (Å²) in [5, 5.41) is 6.93. The first-order valence-corrected chi connectivity index (χ1v) is 14.6. The Morgan fingerprint density at radius 2 is 1.02 bits per heavy atom. The number of aliphatic imine (C=N–C) groups is 1. The lowest BCUT2D eigenvalue weighted by atomic mass is 9.98. The van der Waals surface area contributed by atoms with Crippen molar-refractivity contribution in [2.75, 3.05) is 5.73 Å². The third-order valence-electron chi connectivity index (χ3n) is 8.52. The topological polar surface area (TPSA) is 43.3 Å². The largest absolute Gasteiger partial charge is 0.396 e. The van der Waals surface area contributed by atoms with Gasteiger partial charge in [-0.2, -0.15) is 0 Å². The number of rotatable bonds is 4. The summed E-state index contributed by atoms with van der Waals surface area (Å²) in [5.41, 5.74) is 16.1. The van der Waals surface area contributed by atoms with Crippen LogP contribution in [0.25, 0.3) is 60.2 Å². The average Bonchev–Trinajstić information content (AvgIpc) is 3.41. The number of nitrogen functional groups attached to an aromatic ring is 1.